The van der Waals surface area contributed by atoms with E-state index in [1.807, 2.05) is 6.07 Å². The number of hydrogen-bond acceptors (Lipinski definition) is 4. The first-order valence-corrected chi connectivity index (χ1v) is 6.86. The number of hydrogen-bond donors (Lipinski definition) is 2. The molecule has 2 aromatic rings. The molecule has 0 bridgehead atoms. The quantitative estimate of drug-likeness (QED) is 0.797. The minimum Gasteiger partial charge on any atom is -0.356 e. The van der Waals surface area contributed by atoms with Crippen molar-refractivity contribution >= 4 is 17.2 Å². The number of carbonyl (C=O) groups is 1. The normalized spacial score (nSPS) is 10.4. The molecule has 5 nitrogen and oxygen atoms in total. The van der Waals surface area contributed by atoms with Gasteiger partial charge in [-0.1, -0.05) is 6.07 Å². The summed E-state index contributed by atoms with van der Waals surface area (Å²) in [4.78, 5) is 16.9. The zero-order chi connectivity index (χ0) is 12.6. The smallest absolute Gasteiger partial charge is 0.220 e. The Balaban J connectivity index is 1.55. The first-order valence-electron chi connectivity index (χ1n) is 5.98. The second-order valence-electron chi connectivity index (χ2n) is 3.97. The molecular formula is C12H16N4OS. The Bertz CT molecular complexity index is 410. The van der Waals surface area contributed by atoms with Gasteiger partial charge in [-0.25, -0.2) is 4.98 Å². The minimum absolute atomic E-state index is 0.103. The van der Waals surface area contributed by atoms with E-state index >= 15 is 0 Å². The number of nitrogens with zero attached hydrogens (tertiary/aromatic N) is 2. The number of carbonyl (C=O) groups excluding carboxylic acids is 1. The number of aromatic amines is 1. The van der Waals surface area contributed by atoms with Crippen LogP contribution < -0.4 is 5.32 Å². The molecule has 0 fully saturated rings. The predicted molar refractivity (Wildman–Crippen MR) is 70.4 cm³/mol. The van der Waals surface area contributed by atoms with Crippen LogP contribution in [-0.4, -0.2) is 27.6 Å². The molecular weight excluding hydrogens is 248 g/mol. The molecule has 1 amide bonds. The molecule has 2 aromatic heterocycles. The van der Waals surface area contributed by atoms with Crippen LogP contribution >= 0.6 is 11.3 Å². The van der Waals surface area contributed by atoms with Crippen molar-refractivity contribution in [1.82, 2.24) is 20.5 Å². The van der Waals surface area contributed by atoms with Crippen molar-refractivity contribution in [3.05, 3.63) is 34.5 Å². The molecule has 0 saturated heterocycles. The number of H-pyrrole nitrogens is 1. The lowest BCUT2D eigenvalue weighted by Crippen LogP contribution is -2.25. The summed E-state index contributed by atoms with van der Waals surface area (Å²) in [5.74, 6) is 0.903. The molecule has 0 spiro atoms. The highest BCUT2D eigenvalue weighted by Crippen LogP contribution is 2.11. The molecule has 96 valence electrons. The van der Waals surface area contributed by atoms with Crippen molar-refractivity contribution < 1.29 is 4.79 Å². The van der Waals surface area contributed by atoms with Crippen LogP contribution in [0.5, 0.6) is 0 Å². The molecule has 18 heavy (non-hydrogen) atoms. The van der Waals surface area contributed by atoms with E-state index in [0.29, 0.717) is 19.4 Å². The van der Waals surface area contributed by atoms with Gasteiger partial charge in [-0.3, -0.25) is 9.89 Å². The number of rotatable bonds is 7. The van der Waals surface area contributed by atoms with E-state index in [0.717, 1.165) is 18.7 Å². The van der Waals surface area contributed by atoms with Gasteiger partial charge in [-0.2, -0.15) is 5.10 Å². The SMILES string of the molecule is O=C(CCCc1cccs1)NCCc1ncn[nH]1. The van der Waals surface area contributed by atoms with Gasteiger partial charge in [-0.05, 0) is 24.3 Å². The van der Waals surface area contributed by atoms with Gasteiger partial charge < -0.3 is 5.32 Å². The minimum atomic E-state index is 0.103. The number of thiophene rings is 1. The average Bonchev–Trinajstić information content (AvgIpc) is 3.01. The molecule has 0 radical (unpaired) electrons. The van der Waals surface area contributed by atoms with Gasteiger partial charge in [-0.15, -0.1) is 11.3 Å². The maximum absolute atomic E-state index is 11.5. The zero-order valence-electron chi connectivity index (χ0n) is 10.1. The summed E-state index contributed by atoms with van der Waals surface area (Å²) in [6, 6.07) is 4.14. The van der Waals surface area contributed by atoms with Crippen LogP contribution in [0.25, 0.3) is 0 Å². The Kier molecular flexibility index (Phi) is 4.89. The number of nitrogens with one attached hydrogen (secondary N) is 2. The highest BCUT2D eigenvalue weighted by molar-refractivity contribution is 7.09. The lowest BCUT2D eigenvalue weighted by molar-refractivity contribution is -0.121. The Morgan fingerprint density at radius 1 is 1.44 bits per heavy atom. The van der Waals surface area contributed by atoms with E-state index in [-0.39, 0.29) is 5.91 Å². The summed E-state index contributed by atoms with van der Waals surface area (Å²) in [6.45, 7) is 0.604. The van der Waals surface area contributed by atoms with E-state index in [2.05, 4.69) is 31.9 Å². The zero-order valence-corrected chi connectivity index (χ0v) is 10.9. The molecule has 2 heterocycles. The average molecular weight is 264 g/mol. The van der Waals surface area contributed by atoms with Crippen LogP contribution in [0.1, 0.15) is 23.5 Å². The summed E-state index contributed by atoms with van der Waals surface area (Å²) in [5, 5.41) is 11.5. The van der Waals surface area contributed by atoms with Crippen LogP contribution in [0, 0.1) is 0 Å². The fourth-order valence-electron chi connectivity index (χ4n) is 1.64. The first kappa shape index (κ1) is 12.8. The third kappa shape index (κ3) is 4.29. The number of aromatic nitrogens is 3. The predicted octanol–water partition coefficient (Wildman–Crippen LogP) is 1.55. The molecule has 0 saturated carbocycles. The maximum Gasteiger partial charge on any atom is 0.220 e. The van der Waals surface area contributed by atoms with Crippen molar-refractivity contribution in [3.8, 4) is 0 Å². The fourth-order valence-corrected chi connectivity index (χ4v) is 2.39. The lowest BCUT2D eigenvalue weighted by Gasteiger charge is -2.03. The Hall–Kier alpha value is -1.69. The summed E-state index contributed by atoms with van der Waals surface area (Å²) < 4.78 is 0. The molecule has 0 aromatic carbocycles. The Morgan fingerprint density at radius 2 is 2.39 bits per heavy atom. The van der Waals surface area contributed by atoms with Gasteiger partial charge >= 0.3 is 0 Å². The van der Waals surface area contributed by atoms with E-state index in [1.54, 1.807) is 11.3 Å². The van der Waals surface area contributed by atoms with Gasteiger partial charge in [0.2, 0.25) is 5.91 Å². The largest absolute Gasteiger partial charge is 0.356 e. The highest BCUT2D eigenvalue weighted by Gasteiger charge is 2.02. The summed E-state index contributed by atoms with van der Waals surface area (Å²) in [5.41, 5.74) is 0. The summed E-state index contributed by atoms with van der Waals surface area (Å²) in [6.07, 6.45) is 4.62. The van der Waals surface area contributed by atoms with Crippen LogP contribution in [0.3, 0.4) is 0 Å². The van der Waals surface area contributed by atoms with Gasteiger partial charge in [0, 0.05) is 24.3 Å². The highest BCUT2D eigenvalue weighted by atomic mass is 32.1. The monoisotopic (exact) mass is 264 g/mol. The van der Waals surface area contributed by atoms with E-state index in [1.165, 1.54) is 11.2 Å². The second kappa shape index (κ2) is 6.90. The molecule has 2 rings (SSSR count). The summed E-state index contributed by atoms with van der Waals surface area (Å²) >= 11 is 1.74. The third-order valence-corrected chi connectivity index (χ3v) is 3.49. The molecule has 0 aliphatic carbocycles. The molecule has 2 N–H and O–H groups in total. The van der Waals surface area contributed by atoms with Gasteiger partial charge in [0.25, 0.3) is 0 Å². The first-order chi connectivity index (χ1) is 8.84. The van der Waals surface area contributed by atoms with E-state index in [4.69, 9.17) is 0 Å². The molecule has 0 aliphatic rings. The van der Waals surface area contributed by atoms with Gasteiger partial charge in [0.1, 0.15) is 12.2 Å². The molecule has 0 atom stereocenters. The Morgan fingerprint density at radius 3 is 3.11 bits per heavy atom. The maximum atomic E-state index is 11.5. The molecule has 0 aliphatic heterocycles. The topological polar surface area (TPSA) is 70.7 Å². The van der Waals surface area contributed by atoms with Crippen LogP contribution in [0.15, 0.2) is 23.8 Å². The van der Waals surface area contributed by atoms with Gasteiger partial charge in [0.05, 0.1) is 0 Å². The molecule has 6 heteroatoms. The Labute approximate surface area is 110 Å². The van der Waals surface area contributed by atoms with E-state index < -0.39 is 0 Å². The van der Waals surface area contributed by atoms with Crippen LogP contribution in [-0.2, 0) is 17.6 Å². The molecule has 0 unspecified atom stereocenters. The van der Waals surface area contributed by atoms with Crippen LogP contribution in [0.4, 0.5) is 0 Å². The van der Waals surface area contributed by atoms with Crippen molar-refractivity contribution in [2.24, 2.45) is 0 Å². The van der Waals surface area contributed by atoms with Gasteiger partial charge in [0.15, 0.2) is 0 Å². The number of amides is 1. The fraction of sp³-hybridized carbons (Fsp3) is 0.417. The third-order valence-electron chi connectivity index (χ3n) is 2.56. The number of aryl methyl sites for hydroxylation is 1. The lowest BCUT2D eigenvalue weighted by atomic mass is 10.2. The van der Waals surface area contributed by atoms with Crippen LogP contribution in [0.2, 0.25) is 0 Å². The van der Waals surface area contributed by atoms with Crippen molar-refractivity contribution in [2.45, 2.75) is 25.7 Å². The standard InChI is InChI=1S/C12H16N4OS/c17-12(5-1-3-10-4-2-8-18-10)13-7-6-11-14-9-15-16-11/h2,4,8-9H,1,3,5-7H2,(H,13,17)(H,14,15,16). The van der Waals surface area contributed by atoms with Crippen molar-refractivity contribution in [1.29, 1.82) is 0 Å². The van der Waals surface area contributed by atoms with Crippen molar-refractivity contribution in [2.75, 3.05) is 6.54 Å². The summed E-state index contributed by atoms with van der Waals surface area (Å²) in [7, 11) is 0. The van der Waals surface area contributed by atoms with Crippen molar-refractivity contribution in [3.63, 3.8) is 0 Å². The van der Waals surface area contributed by atoms with E-state index in [9.17, 15) is 4.79 Å². The second-order valence-corrected chi connectivity index (χ2v) is 5.00.